The molecule has 0 radical (unpaired) electrons. The van der Waals surface area contributed by atoms with E-state index in [0.717, 1.165) is 0 Å². The summed E-state index contributed by atoms with van der Waals surface area (Å²) in [6, 6.07) is 15.6. The lowest BCUT2D eigenvalue weighted by Crippen LogP contribution is -2.27. The zero-order valence-corrected chi connectivity index (χ0v) is 18.7. The maximum atomic E-state index is 13.1. The molecule has 0 aliphatic heterocycles. The normalized spacial score (nSPS) is 12.1. The Bertz CT molecular complexity index is 1290. The lowest BCUT2D eigenvalue weighted by molar-refractivity contribution is -0.115. The summed E-state index contributed by atoms with van der Waals surface area (Å²) in [5, 5.41) is 3.77. The molecule has 6 nitrogen and oxygen atoms in total. The molecule has 0 spiro atoms. The standard InChI is InChI=1S/C22H17Cl2N3O3S/c1-13(20(28)26-19-16(23)8-4-9-17(19)24)31-22-25-18-10-3-2-7-15(18)21(29)27(22)12-14-6-5-11-30-14/h2-11,13H,12H2,1H3,(H,26,28). The Hall–Kier alpha value is -2.74. The molecule has 2 heterocycles. The molecule has 1 atom stereocenters. The van der Waals surface area contributed by atoms with Gasteiger partial charge in [0, 0.05) is 0 Å². The first-order valence-corrected chi connectivity index (χ1v) is 11.0. The van der Waals surface area contributed by atoms with Crippen LogP contribution in [-0.2, 0) is 11.3 Å². The maximum Gasteiger partial charge on any atom is 0.262 e. The second-order valence-corrected chi connectivity index (χ2v) is 8.85. The fourth-order valence-electron chi connectivity index (χ4n) is 2.99. The minimum Gasteiger partial charge on any atom is -0.467 e. The SMILES string of the molecule is CC(Sc1nc2ccccc2c(=O)n1Cc1ccco1)C(=O)Nc1c(Cl)cccc1Cl. The highest BCUT2D eigenvalue weighted by Crippen LogP contribution is 2.31. The summed E-state index contributed by atoms with van der Waals surface area (Å²) in [5.41, 5.74) is 0.710. The third kappa shape index (κ3) is 4.63. The second-order valence-electron chi connectivity index (χ2n) is 6.73. The summed E-state index contributed by atoms with van der Waals surface area (Å²) in [6.07, 6.45) is 1.55. The van der Waals surface area contributed by atoms with Crippen LogP contribution in [0.5, 0.6) is 0 Å². The number of furan rings is 1. The van der Waals surface area contributed by atoms with Crippen LogP contribution in [0.4, 0.5) is 5.69 Å². The molecular weight excluding hydrogens is 457 g/mol. The number of carbonyl (C=O) groups is 1. The van der Waals surface area contributed by atoms with Crippen molar-refractivity contribution in [2.45, 2.75) is 23.9 Å². The van der Waals surface area contributed by atoms with Crippen LogP contribution in [0.3, 0.4) is 0 Å². The van der Waals surface area contributed by atoms with Crippen LogP contribution in [0, 0.1) is 0 Å². The number of carbonyl (C=O) groups excluding carboxylic acids is 1. The van der Waals surface area contributed by atoms with Gasteiger partial charge in [0.15, 0.2) is 5.16 Å². The van der Waals surface area contributed by atoms with Crippen molar-refractivity contribution in [1.82, 2.24) is 9.55 Å². The van der Waals surface area contributed by atoms with Crippen molar-refractivity contribution in [1.29, 1.82) is 0 Å². The van der Waals surface area contributed by atoms with Crippen molar-refractivity contribution < 1.29 is 9.21 Å². The minimum absolute atomic E-state index is 0.203. The van der Waals surface area contributed by atoms with E-state index in [4.69, 9.17) is 27.6 Å². The summed E-state index contributed by atoms with van der Waals surface area (Å²) >= 11 is 13.5. The van der Waals surface area contributed by atoms with E-state index >= 15 is 0 Å². The number of hydrogen-bond donors (Lipinski definition) is 1. The van der Waals surface area contributed by atoms with Gasteiger partial charge in [0.05, 0.1) is 44.7 Å². The van der Waals surface area contributed by atoms with Crippen molar-refractivity contribution in [3.05, 3.63) is 87.0 Å². The average molecular weight is 474 g/mol. The van der Waals surface area contributed by atoms with Crippen LogP contribution < -0.4 is 10.9 Å². The van der Waals surface area contributed by atoms with Gasteiger partial charge in [-0.25, -0.2) is 4.98 Å². The van der Waals surface area contributed by atoms with Crippen LogP contribution >= 0.6 is 35.0 Å². The predicted octanol–water partition coefficient (Wildman–Crippen LogP) is 5.46. The number of thioether (sulfide) groups is 1. The molecule has 4 aromatic rings. The lowest BCUT2D eigenvalue weighted by Gasteiger charge is -2.16. The van der Waals surface area contributed by atoms with E-state index in [1.807, 2.05) is 6.07 Å². The summed E-state index contributed by atoms with van der Waals surface area (Å²) in [4.78, 5) is 30.6. The molecule has 0 aliphatic carbocycles. The first-order valence-electron chi connectivity index (χ1n) is 9.37. The Labute approximate surface area is 192 Å². The van der Waals surface area contributed by atoms with E-state index in [2.05, 4.69) is 10.3 Å². The smallest absolute Gasteiger partial charge is 0.262 e. The van der Waals surface area contributed by atoms with Gasteiger partial charge in [0.1, 0.15) is 5.76 Å². The first kappa shape index (κ1) is 21.5. The molecule has 0 fully saturated rings. The number of nitrogens with one attached hydrogen (secondary N) is 1. The van der Waals surface area contributed by atoms with E-state index in [1.165, 1.54) is 16.3 Å². The zero-order valence-electron chi connectivity index (χ0n) is 16.3. The molecule has 9 heteroatoms. The highest BCUT2D eigenvalue weighted by atomic mass is 35.5. The van der Waals surface area contributed by atoms with E-state index < -0.39 is 5.25 Å². The average Bonchev–Trinajstić information content (AvgIpc) is 3.27. The molecule has 0 bridgehead atoms. The van der Waals surface area contributed by atoms with E-state index in [9.17, 15) is 9.59 Å². The maximum absolute atomic E-state index is 13.1. The van der Waals surface area contributed by atoms with Gasteiger partial charge in [-0.1, -0.05) is 53.2 Å². The molecule has 158 valence electrons. The van der Waals surface area contributed by atoms with Gasteiger partial charge in [-0.05, 0) is 43.3 Å². The van der Waals surface area contributed by atoms with Crippen molar-refractivity contribution in [3.63, 3.8) is 0 Å². The summed E-state index contributed by atoms with van der Waals surface area (Å²) < 4.78 is 6.92. The van der Waals surface area contributed by atoms with Crippen molar-refractivity contribution >= 4 is 57.5 Å². The predicted molar refractivity (Wildman–Crippen MR) is 124 cm³/mol. The van der Waals surface area contributed by atoms with E-state index in [0.29, 0.717) is 37.6 Å². The number of benzene rings is 2. The molecule has 1 amide bonds. The number of anilines is 1. The molecule has 0 aliphatic rings. The largest absolute Gasteiger partial charge is 0.467 e. The van der Waals surface area contributed by atoms with Gasteiger partial charge in [0.25, 0.3) is 5.56 Å². The Morgan fingerprint density at radius 1 is 1.13 bits per heavy atom. The number of hydrogen-bond acceptors (Lipinski definition) is 5. The van der Waals surface area contributed by atoms with Crippen LogP contribution in [0.1, 0.15) is 12.7 Å². The van der Waals surface area contributed by atoms with Gasteiger partial charge >= 0.3 is 0 Å². The molecule has 1 unspecified atom stereocenters. The Morgan fingerprint density at radius 3 is 2.58 bits per heavy atom. The molecular formula is C22H17Cl2N3O3S. The Balaban J connectivity index is 1.66. The number of rotatable bonds is 6. The molecule has 0 saturated carbocycles. The van der Waals surface area contributed by atoms with Gasteiger partial charge < -0.3 is 9.73 Å². The van der Waals surface area contributed by atoms with Gasteiger partial charge in [-0.2, -0.15) is 0 Å². The van der Waals surface area contributed by atoms with Crippen LogP contribution in [0.2, 0.25) is 10.0 Å². The van der Waals surface area contributed by atoms with Crippen molar-refractivity contribution in [3.8, 4) is 0 Å². The van der Waals surface area contributed by atoms with Crippen molar-refractivity contribution in [2.75, 3.05) is 5.32 Å². The number of aromatic nitrogens is 2. The fraction of sp³-hybridized carbons (Fsp3) is 0.136. The highest BCUT2D eigenvalue weighted by Gasteiger charge is 2.21. The Morgan fingerprint density at radius 2 is 1.87 bits per heavy atom. The molecule has 2 aromatic heterocycles. The quantitative estimate of drug-likeness (QED) is 0.297. The number of halogens is 2. The van der Waals surface area contributed by atoms with E-state index in [1.54, 1.807) is 61.7 Å². The summed E-state index contributed by atoms with van der Waals surface area (Å²) in [5.74, 6) is 0.299. The lowest BCUT2D eigenvalue weighted by atomic mass is 10.2. The van der Waals surface area contributed by atoms with E-state index in [-0.39, 0.29) is 18.0 Å². The molecule has 31 heavy (non-hydrogen) atoms. The second kappa shape index (κ2) is 9.18. The molecule has 4 rings (SSSR count). The molecule has 0 saturated heterocycles. The summed E-state index contributed by atoms with van der Waals surface area (Å²) in [7, 11) is 0. The minimum atomic E-state index is -0.580. The van der Waals surface area contributed by atoms with Gasteiger partial charge in [-0.3, -0.25) is 14.2 Å². The van der Waals surface area contributed by atoms with Gasteiger partial charge in [0.2, 0.25) is 5.91 Å². The monoisotopic (exact) mass is 473 g/mol. The number of para-hydroxylation sites is 2. The van der Waals surface area contributed by atoms with Crippen LogP contribution in [0.15, 0.2) is 75.2 Å². The zero-order chi connectivity index (χ0) is 22.0. The van der Waals surface area contributed by atoms with Gasteiger partial charge in [-0.15, -0.1) is 0 Å². The topological polar surface area (TPSA) is 77.1 Å². The number of fused-ring (bicyclic) bond motifs is 1. The van der Waals surface area contributed by atoms with Crippen LogP contribution in [-0.4, -0.2) is 20.7 Å². The molecule has 1 N–H and O–H groups in total. The Kier molecular flexibility index (Phi) is 6.36. The summed E-state index contributed by atoms with van der Waals surface area (Å²) in [6.45, 7) is 1.93. The third-order valence-electron chi connectivity index (χ3n) is 4.58. The fourth-order valence-corrected chi connectivity index (χ4v) is 4.39. The number of amides is 1. The third-order valence-corrected chi connectivity index (χ3v) is 6.30. The first-order chi connectivity index (χ1) is 14.9. The van der Waals surface area contributed by atoms with Crippen LogP contribution in [0.25, 0.3) is 10.9 Å². The number of nitrogens with zero attached hydrogens (tertiary/aromatic N) is 2. The molecule has 2 aromatic carbocycles. The van der Waals surface area contributed by atoms with Crippen molar-refractivity contribution in [2.24, 2.45) is 0 Å². The highest BCUT2D eigenvalue weighted by molar-refractivity contribution is 8.00.